The molecular weight excluding hydrogens is 477 g/mol. The molecule has 2 unspecified atom stereocenters. The fourth-order valence-electron chi connectivity index (χ4n) is 4.56. The molecule has 1 aliphatic heterocycles. The van der Waals surface area contributed by atoms with E-state index in [4.69, 9.17) is 9.47 Å². The highest BCUT2D eigenvalue weighted by atomic mass is 127. The Kier molecular flexibility index (Phi) is 8.37. The number of piperidine rings is 1. The van der Waals surface area contributed by atoms with Crippen molar-refractivity contribution in [2.24, 2.45) is 0 Å². The Labute approximate surface area is 192 Å². The molecule has 1 N–H and O–H groups in total. The molecule has 0 aliphatic carbocycles. The van der Waals surface area contributed by atoms with Crippen molar-refractivity contribution in [3.63, 3.8) is 0 Å². The number of rotatable bonds is 7. The van der Waals surface area contributed by atoms with Gasteiger partial charge < -0.3 is 43.0 Å². The molecule has 1 heterocycles. The molecule has 5 heteroatoms. The minimum atomic E-state index is -1.15. The lowest BCUT2D eigenvalue weighted by Gasteiger charge is -2.45. The topological polar surface area (TPSA) is 38.7 Å². The van der Waals surface area contributed by atoms with Gasteiger partial charge in [-0.3, -0.25) is 0 Å². The van der Waals surface area contributed by atoms with Gasteiger partial charge in [-0.05, 0) is 49.9 Å². The van der Waals surface area contributed by atoms with Crippen molar-refractivity contribution in [2.45, 2.75) is 44.2 Å². The van der Waals surface area contributed by atoms with Gasteiger partial charge in [0.25, 0.3) is 0 Å². The van der Waals surface area contributed by atoms with E-state index in [1.54, 1.807) is 14.2 Å². The standard InChI is InChI=1S/C24H34NO3.HI/c1-19(25(2)15-9-6-10-16-25)18-24(26,20-11-7-5-8-12-20)22-17-21(27-3)13-14-23(22)28-4;/h5,7-8,11-14,17,19,26H,6,9-10,15-16,18H2,1-4H3;1H/q+1;/p-1. The maximum Gasteiger partial charge on any atom is 0.125 e. The Morgan fingerprint density at radius 3 is 2.24 bits per heavy atom. The van der Waals surface area contributed by atoms with Crippen LogP contribution in [0.5, 0.6) is 11.5 Å². The van der Waals surface area contributed by atoms with Crippen LogP contribution in [0.4, 0.5) is 0 Å². The number of likely N-dealkylation sites (tertiary alicyclic amines) is 1. The van der Waals surface area contributed by atoms with E-state index in [0.29, 0.717) is 18.2 Å². The number of ether oxygens (including phenoxy) is 2. The van der Waals surface area contributed by atoms with Crippen molar-refractivity contribution in [1.29, 1.82) is 0 Å². The molecule has 3 rings (SSSR count). The first-order valence-electron chi connectivity index (χ1n) is 10.3. The van der Waals surface area contributed by atoms with Crippen molar-refractivity contribution in [3.8, 4) is 11.5 Å². The zero-order valence-corrected chi connectivity index (χ0v) is 20.2. The summed E-state index contributed by atoms with van der Waals surface area (Å²) in [5.41, 5.74) is 0.493. The summed E-state index contributed by atoms with van der Waals surface area (Å²) in [5.74, 6) is 1.40. The second kappa shape index (κ2) is 10.1. The molecule has 2 aromatic carbocycles. The third kappa shape index (κ3) is 5.06. The van der Waals surface area contributed by atoms with Crippen LogP contribution in [0.25, 0.3) is 0 Å². The van der Waals surface area contributed by atoms with Gasteiger partial charge in [-0.1, -0.05) is 30.3 Å². The maximum absolute atomic E-state index is 12.2. The summed E-state index contributed by atoms with van der Waals surface area (Å²) in [5, 5.41) is 12.2. The third-order valence-corrected chi connectivity index (χ3v) is 6.60. The molecule has 160 valence electrons. The van der Waals surface area contributed by atoms with Gasteiger partial charge in [0.05, 0.1) is 40.4 Å². The molecule has 0 radical (unpaired) electrons. The van der Waals surface area contributed by atoms with Crippen molar-refractivity contribution < 1.29 is 43.0 Å². The molecule has 1 fully saturated rings. The summed E-state index contributed by atoms with van der Waals surface area (Å²) in [6.07, 6.45) is 4.45. The van der Waals surface area contributed by atoms with Crippen LogP contribution in [-0.2, 0) is 5.60 Å². The van der Waals surface area contributed by atoms with Gasteiger partial charge in [0.2, 0.25) is 0 Å². The van der Waals surface area contributed by atoms with E-state index >= 15 is 0 Å². The average molecular weight is 511 g/mol. The zero-order chi connectivity index (χ0) is 20.2. The number of hydrogen-bond acceptors (Lipinski definition) is 3. The predicted octanol–water partition coefficient (Wildman–Crippen LogP) is 1.35. The summed E-state index contributed by atoms with van der Waals surface area (Å²) in [7, 11) is 5.63. The fourth-order valence-corrected chi connectivity index (χ4v) is 4.56. The number of hydrogen-bond donors (Lipinski definition) is 1. The Morgan fingerprint density at radius 1 is 1.00 bits per heavy atom. The van der Waals surface area contributed by atoms with Crippen LogP contribution in [-0.4, -0.2) is 50.0 Å². The van der Waals surface area contributed by atoms with Gasteiger partial charge in [-0.25, -0.2) is 0 Å². The quantitative estimate of drug-likeness (QED) is 0.451. The Hall–Kier alpha value is -1.31. The van der Waals surface area contributed by atoms with Crippen LogP contribution in [0.15, 0.2) is 48.5 Å². The molecule has 0 aromatic heterocycles. The smallest absolute Gasteiger partial charge is 0.125 e. The first-order chi connectivity index (χ1) is 13.4. The molecule has 2 aromatic rings. The van der Waals surface area contributed by atoms with Crippen molar-refractivity contribution in [3.05, 3.63) is 59.7 Å². The molecule has 0 spiro atoms. The maximum atomic E-state index is 12.2. The highest BCUT2D eigenvalue weighted by Crippen LogP contribution is 2.42. The minimum Gasteiger partial charge on any atom is -1.00 e. The molecule has 0 bridgehead atoms. The summed E-state index contributed by atoms with van der Waals surface area (Å²) in [4.78, 5) is 0. The second-order valence-corrected chi connectivity index (χ2v) is 8.33. The Morgan fingerprint density at radius 2 is 1.66 bits per heavy atom. The van der Waals surface area contributed by atoms with E-state index in [0.717, 1.165) is 21.4 Å². The van der Waals surface area contributed by atoms with Crippen LogP contribution in [0.2, 0.25) is 0 Å². The van der Waals surface area contributed by atoms with Gasteiger partial charge in [0.15, 0.2) is 0 Å². The molecule has 29 heavy (non-hydrogen) atoms. The molecule has 0 saturated carbocycles. The summed E-state index contributed by atoms with van der Waals surface area (Å²) in [6.45, 7) is 4.61. The normalized spacial score (nSPS) is 18.8. The molecule has 1 aliphatic rings. The highest BCUT2D eigenvalue weighted by molar-refractivity contribution is 5.48. The largest absolute Gasteiger partial charge is 1.00 e. The van der Waals surface area contributed by atoms with Crippen LogP contribution >= 0.6 is 0 Å². The summed E-state index contributed by atoms with van der Waals surface area (Å²) in [6, 6.07) is 15.9. The van der Waals surface area contributed by atoms with Gasteiger partial charge in [0.1, 0.15) is 17.1 Å². The molecule has 2 atom stereocenters. The molecule has 0 amide bonds. The Balaban J connectivity index is 0.00000300. The summed E-state index contributed by atoms with van der Waals surface area (Å²) < 4.78 is 12.1. The molecule has 1 saturated heterocycles. The lowest BCUT2D eigenvalue weighted by molar-refractivity contribution is -0.936. The minimum absolute atomic E-state index is 0. The number of benzene rings is 2. The van der Waals surface area contributed by atoms with Crippen LogP contribution in [0, 0.1) is 0 Å². The van der Waals surface area contributed by atoms with Gasteiger partial charge in [-0.15, -0.1) is 0 Å². The van der Waals surface area contributed by atoms with E-state index in [1.807, 2.05) is 48.5 Å². The predicted molar refractivity (Wildman–Crippen MR) is 113 cm³/mol. The van der Waals surface area contributed by atoms with E-state index in [2.05, 4.69) is 14.0 Å². The van der Waals surface area contributed by atoms with Crippen LogP contribution in [0.1, 0.15) is 43.7 Å². The number of halogens is 1. The van der Waals surface area contributed by atoms with Crippen molar-refractivity contribution in [2.75, 3.05) is 34.4 Å². The first-order valence-corrected chi connectivity index (χ1v) is 10.3. The van der Waals surface area contributed by atoms with E-state index in [-0.39, 0.29) is 24.0 Å². The summed E-state index contributed by atoms with van der Waals surface area (Å²) >= 11 is 0. The monoisotopic (exact) mass is 511 g/mol. The lowest BCUT2D eigenvalue weighted by atomic mass is 9.80. The van der Waals surface area contributed by atoms with Gasteiger partial charge in [-0.2, -0.15) is 0 Å². The lowest BCUT2D eigenvalue weighted by Crippen LogP contribution is -3.00. The zero-order valence-electron chi connectivity index (χ0n) is 18.0. The fraction of sp³-hybridized carbons (Fsp3) is 0.500. The Bertz CT molecular complexity index is 777. The van der Waals surface area contributed by atoms with Gasteiger partial charge in [0, 0.05) is 12.0 Å². The van der Waals surface area contributed by atoms with E-state index in [1.165, 1.54) is 32.4 Å². The number of quaternary nitrogens is 1. The number of methoxy groups -OCH3 is 2. The van der Waals surface area contributed by atoms with Crippen LogP contribution in [0.3, 0.4) is 0 Å². The van der Waals surface area contributed by atoms with E-state index < -0.39 is 5.60 Å². The highest BCUT2D eigenvalue weighted by Gasteiger charge is 2.42. The first kappa shape index (κ1) is 24.0. The van der Waals surface area contributed by atoms with Gasteiger partial charge >= 0.3 is 0 Å². The third-order valence-electron chi connectivity index (χ3n) is 6.60. The molecule has 4 nitrogen and oxygen atoms in total. The van der Waals surface area contributed by atoms with Crippen molar-refractivity contribution >= 4 is 0 Å². The average Bonchev–Trinajstić information content (AvgIpc) is 2.74. The number of nitrogens with zero attached hydrogens (tertiary/aromatic N) is 1. The van der Waals surface area contributed by atoms with Crippen LogP contribution < -0.4 is 33.5 Å². The second-order valence-electron chi connectivity index (χ2n) is 8.33. The SMILES string of the molecule is COc1ccc(OC)c(C(O)(CC(C)[N+]2(C)CCCCC2)c2ccccc2)c1.[I-]. The van der Waals surface area contributed by atoms with Crippen molar-refractivity contribution in [1.82, 2.24) is 0 Å². The van der Waals surface area contributed by atoms with E-state index in [9.17, 15) is 5.11 Å². The molecular formula is C24H34INO3. The number of aliphatic hydroxyl groups is 1.